The largest absolute Gasteiger partial charge is 0.342 e. The third-order valence-electron chi connectivity index (χ3n) is 1.80. The van der Waals surface area contributed by atoms with Crippen LogP contribution in [-0.2, 0) is 15.4 Å². The maximum absolute atomic E-state index is 11.2. The van der Waals surface area contributed by atoms with Crippen LogP contribution in [-0.4, -0.2) is 31.3 Å². The standard InChI is InChI=1S/C7H18NO4PS/c1-2-3-5-14(12)6-4-7(8)13(9,10)11/h7H,2-6,8H2,1H3,(H2,9,10,11)/t7-,14+/m0/s1. The molecule has 0 aromatic carbocycles. The van der Waals surface area contributed by atoms with E-state index in [1.165, 1.54) is 0 Å². The summed E-state index contributed by atoms with van der Waals surface area (Å²) in [6.45, 7) is 2.00. The zero-order valence-electron chi connectivity index (χ0n) is 8.26. The Morgan fingerprint density at radius 3 is 2.43 bits per heavy atom. The van der Waals surface area contributed by atoms with Crippen molar-refractivity contribution in [3.8, 4) is 0 Å². The number of unbranched alkanes of at least 4 members (excludes halogenated alkanes) is 1. The summed E-state index contributed by atoms with van der Waals surface area (Å²) < 4.78 is 21.9. The summed E-state index contributed by atoms with van der Waals surface area (Å²) in [4.78, 5) is 17.3. The van der Waals surface area contributed by atoms with Crippen molar-refractivity contribution >= 4 is 18.4 Å². The van der Waals surface area contributed by atoms with Gasteiger partial charge in [0.2, 0.25) is 0 Å². The molecule has 5 nitrogen and oxygen atoms in total. The number of hydrogen-bond donors (Lipinski definition) is 3. The van der Waals surface area contributed by atoms with Crippen LogP contribution < -0.4 is 5.73 Å². The van der Waals surface area contributed by atoms with Gasteiger partial charge in [-0.05, 0) is 12.8 Å². The lowest BCUT2D eigenvalue weighted by Crippen LogP contribution is -2.22. The van der Waals surface area contributed by atoms with Gasteiger partial charge < -0.3 is 15.5 Å². The van der Waals surface area contributed by atoms with E-state index in [1.54, 1.807) is 0 Å². The Morgan fingerprint density at radius 1 is 1.43 bits per heavy atom. The third kappa shape index (κ3) is 6.68. The first-order valence-corrected chi connectivity index (χ1v) is 7.70. The monoisotopic (exact) mass is 243 g/mol. The predicted molar refractivity (Wildman–Crippen MR) is 57.4 cm³/mol. The second kappa shape index (κ2) is 6.69. The minimum atomic E-state index is -4.20. The minimum absolute atomic E-state index is 0.112. The van der Waals surface area contributed by atoms with E-state index in [0.717, 1.165) is 12.8 Å². The van der Waals surface area contributed by atoms with Crippen molar-refractivity contribution in [3.63, 3.8) is 0 Å². The lowest BCUT2D eigenvalue weighted by atomic mass is 10.4. The molecule has 0 fully saturated rings. The molecule has 0 radical (unpaired) electrons. The molecule has 0 aromatic rings. The predicted octanol–water partition coefficient (Wildman–Crippen LogP) is 0.388. The normalized spacial score (nSPS) is 16.6. The van der Waals surface area contributed by atoms with Gasteiger partial charge in [-0.1, -0.05) is 13.3 Å². The Morgan fingerprint density at radius 2 is 2.00 bits per heavy atom. The zero-order chi connectivity index (χ0) is 11.2. The van der Waals surface area contributed by atoms with Gasteiger partial charge in [-0.25, -0.2) is 0 Å². The SMILES string of the molecule is CCCC[S@@](=O)CC[C@@H](N)P(=O)(O)O. The molecule has 0 aliphatic carbocycles. The third-order valence-corrected chi connectivity index (χ3v) is 4.36. The van der Waals surface area contributed by atoms with Crippen molar-refractivity contribution in [2.24, 2.45) is 5.73 Å². The maximum Gasteiger partial charge on any atom is 0.342 e. The van der Waals surface area contributed by atoms with Crippen LogP contribution in [0.2, 0.25) is 0 Å². The summed E-state index contributed by atoms with van der Waals surface area (Å²) in [5.74, 6) is -0.315. The van der Waals surface area contributed by atoms with E-state index in [0.29, 0.717) is 5.75 Å². The van der Waals surface area contributed by atoms with Gasteiger partial charge in [0.05, 0.1) is 0 Å². The van der Waals surface area contributed by atoms with Crippen LogP contribution in [0.1, 0.15) is 26.2 Å². The van der Waals surface area contributed by atoms with E-state index < -0.39 is 24.2 Å². The van der Waals surface area contributed by atoms with Crippen LogP contribution in [0.4, 0.5) is 0 Å². The van der Waals surface area contributed by atoms with Crippen LogP contribution in [0, 0.1) is 0 Å². The minimum Gasteiger partial charge on any atom is -0.323 e. The van der Waals surface area contributed by atoms with Crippen molar-refractivity contribution in [3.05, 3.63) is 0 Å². The van der Waals surface area contributed by atoms with E-state index in [1.807, 2.05) is 6.92 Å². The Kier molecular flexibility index (Phi) is 6.81. The molecule has 0 aliphatic rings. The molecule has 0 aromatic heterocycles. The summed E-state index contributed by atoms with van der Waals surface area (Å²) in [6, 6.07) is 0. The highest BCUT2D eigenvalue weighted by Crippen LogP contribution is 2.39. The molecule has 14 heavy (non-hydrogen) atoms. The van der Waals surface area contributed by atoms with E-state index in [4.69, 9.17) is 15.5 Å². The fraction of sp³-hybridized carbons (Fsp3) is 1.00. The van der Waals surface area contributed by atoms with E-state index in [-0.39, 0.29) is 12.2 Å². The first-order valence-electron chi connectivity index (χ1n) is 4.53. The van der Waals surface area contributed by atoms with E-state index >= 15 is 0 Å². The Bertz CT molecular complexity index is 230. The molecule has 0 heterocycles. The van der Waals surface area contributed by atoms with Crippen LogP contribution in [0.15, 0.2) is 0 Å². The molecule has 0 saturated heterocycles. The van der Waals surface area contributed by atoms with Gasteiger partial charge in [0.1, 0.15) is 5.78 Å². The fourth-order valence-electron chi connectivity index (χ4n) is 0.828. The van der Waals surface area contributed by atoms with Crippen molar-refractivity contribution in [2.75, 3.05) is 11.5 Å². The van der Waals surface area contributed by atoms with Crippen LogP contribution in [0.25, 0.3) is 0 Å². The molecule has 0 saturated carbocycles. The molecule has 86 valence electrons. The second-order valence-electron chi connectivity index (χ2n) is 3.15. The summed E-state index contributed by atoms with van der Waals surface area (Å²) in [6.07, 6.45) is 1.95. The number of rotatable bonds is 7. The molecule has 0 spiro atoms. The summed E-state index contributed by atoms with van der Waals surface area (Å²) in [7, 11) is -5.19. The highest BCUT2D eigenvalue weighted by atomic mass is 32.2. The maximum atomic E-state index is 11.2. The van der Waals surface area contributed by atoms with Crippen LogP contribution in [0.3, 0.4) is 0 Å². The molecule has 0 aliphatic heterocycles. The van der Waals surface area contributed by atoms with Gasteiger partial charge in [0.25, 0.3) is 0 Å². The smallest absolute Gasteiger partial charge is 0.323 e. The second-order valence-corrected chi connectivity index (χ2v) is 6.68. The lowest BCUT2D eigenvalue weighted by Gasteiger charge is -2.12. The first-order chi connectivity index (χ1) is 6.38. The molecular formula is C7H18NO4PS. The first kappa shape index (κ1) is 14.3. The van der Waals surface area contributed by atoms with E-state index in [2.05, 4.69) is 0 Å². The van der Waals surface area contributed by atoms with Crippen LogP contribution in [0.5, 0.6) is 0 Å². The summed E-state index contributed by atoms with van der Waals surface area (Å²) in [5.41, 5.74) is 5.23. The Balaban J connectivity index is 3.72. The van der Waals surface area contributed by atoms with Gasteiger partial charge in [-0.3, -0.25) is 8.77 Å². The van der Waals surface area contributed by atoms with Crippen molar-refractivity contribution in [1.82, 2.24) is 0 Å². The van der Waals surface area contributed by atoms with Crippen molar-refractivity contribution < 1.29 is 18.6 Å². The van der Waals surface area contributed by atoms with Gasteiger partial charge in [0.15, 0.2) is 0 Å². The number of nitrogens with two attached hydrogens (primary N) is 1. The fourth-order valence-corrected chi connectivity index (χ4v) is 2.80. The molecule has 0 amide bonds. The van der Waals surface area contributed by atoms with Crippen molar-refractivity contribution in [2.45, 2.75) is 32.0 Å². The average Bonchev–Trinajstić information content (AvgIpc) is 2.09. The molecule has 7 heteroatoms. The zero-order valence-corrected chi connectivity index (χ0v) is 9.97. The molecule has 4 N–H and O–H groups in total. The summed E-state index contributed by atoms with van der Waals surface area (Å²) >= 11 is 0. The van der Waals surface area contributed by atoms with Gasteiger partial charge in [-0.15, -0.1) is 0 Å². The molecule has 2 atom stereocenters. The molecule has 0 bridgehead atoms. The van der Waals surface area contributed by atoms with E-state index in [9.17, 15) is 8.77 Å². The van der Waals surface area contributed by atoms with Crippen LogP contribution >= 0.6 is 7.60 Å². The van der Waals surface area contributed by atoms with Gasteiger partial charge in [-0.2, -0.15) is 0 Å². The molecule has 0 unspecified atom stereocenters. The highest BCUT2D eigenvalue weighted by Gasteiger charge is 2.24. The molecular weight excluding hydrogens is 225 g/mol. The van der Waals surface area contributed by atoms with Gasteiger partial charge in [0, 0.05) is 22.3 Å². The Hall–Kier alpha value is 0.260. The Labute approximate surface area is 86.7 Å². The van der Waals surface area contributed by atoms with Gasteiger partial charge >= 0.3 is 7.60 Å². The average molecular weight is 243 g/mol. The highest BCUT2D eigenvalue weighted by molar-refractivity contribution is 7.84. The van der Waals surface area contributed by atoms with Crippen molar-refractivity contribution in [1.29, 1.82) is 0 Å². The lowest BCUT2D eigenvalue weighted by molar-refractivity contribution is 0.357. The topological polar surface area (TPSA) is 101 Å². The molecule has 0 rings (SSSR count). The quantitative estimate of drug-likeness (QED) is 0.561. The summed E-state index contributed by atoms with van der Waals surface area (Å²) in [5, 5.41) is 0. The number of hydrogen-bond acceptors (Lipinski definition) is 3.